The Hall–Kier alpha value is -2.05. The first-order chi connectivity index (χ1) is 6.84. The number of carbonyl (C=O) groups excluding carboxylic acids is 1. The van der Waals surface area contributed by atoms with Gasteiger partial charge in [-0.25, -0.2) is 4.98 Å². The van der Waals surface area contributed by atoms with Gasteiger partial charge in [-0.15, -0.1) is 0 Å². The molecule has 1 aromatic rings. The van der Waals surface area contributed by atoms with E-state index in [-0.39, 0.29) is 11.5 Å². The first-order valence-electron chi connectivity index (χ1n) is 4.26. The number of amides is 1. The average molecular weight is 211 g/mol. The van der Waals surface area contributed by atoms with Crippen LogP contribution in [-0.2, 0) is 4.79 Å². The van der Waals surface area contributed by atoms with Crippen molar-refractivity contribution >= 4 is 17.4 Å². The Morgan fingerprint density at radius 3 is 2.73 bits per heavy atom. The molecule has 0 saturated carbocycles. The van der Waals surface area contributed by atoms with Crippen molar-refractivity contribution in [3.63, 3.8) is 0 Å². The maximum atomic E-state index is 11.1. The number of H-pyrrole nitrogens is 1. The highest BCUT2D eigenvalue weighted by atomic mass is 16.1. The fourth-order valence-corrected chi connectivity index (χ4v) is 0.867. The van der Waals surface area contributed by atoms with E-state index < -0.39 is 17.0 Å². The van der Waals surface area contributed by atoms with Gasteiger partial charge in [0.1, 0.15) is 11.2 Å². The molecule has 0 radical (unpaired) electrons. The second kappa shape index (κ2) is 3.60. The maximum absolute atomic E-state index is 11.1. The second-order valence-electron chi connectivity index (χ2n) is 3.61. The van der Waals surface area contributed by atoms with Crippen molar-refractivity contribution in [3.05, 3.63) is 16.7 Å². The smallest absolute Gasteiger partial charge is 0.276 e. The van der Waals surface area contributed by atoms with Crippen LogP contribution in [-0.4, -0.2) is 21.4 Å². The minimum Gasteiger partial charge on any atom is -0.391 e. The normalized spacial score (nSPS) is 11.1. The molecule has 0 spiro atoms. The molecule has 1 rings (SSSR count). The van der Waals surface area contributed by atoms with E-state index in [1.165, 1.54) is 6.33 Å². The highest BCUT2D eigenvalue weighted by Gasteiger charge is 2.26. The highest BCUT2D eigenvalue weighted by Crippen LogP contribution is 2.14. The van der Waals surface area contributed by atoms with Crippen molar-refractivity contribution in [1.82, 2.24) is 9.97 Å². The summed E-state index contributed by atoms with van der Waals surface area (Å²) >= 11 is 0. The molecule has 0 fully saturated rings. The summed E-state index contributed by atoms with van der Waals surface area (Å²) in [6.07, 6.45) is 1.19. The zero-order chi connectivity index (χ0) is 11.6. The quantitative estimate of drug-likeness (QED) is 0.511. The van der Waals surface area contributed by atoms with Gasteiger partial charge in [0.25, 0.3) is 5.56 Å². The predicted octanol–water partition coefficient (Wildman–Crippen LogP) is -0.972. The minimum absolute atomic E-state index is 0.0770. The molecule has 0 aliphatic rings. The molecule has 0 atom stereocenters. The van der Waals surface area contributed by atoms with E-state index in [1.54, 1.807) is 13.8 Å². The molecule has 1 heterocycles. The number of nitrogen functional groups attached to an aromatic ring is 1. The number of rotatable bonds is 3. The zero-order valence-corrected chi connectivity index (χ0v) is 8.50. The number of nitrogens with one attached hydrogen (secondary N) is 2. The Morgan fingerprint density at radius 1 is 1.60 bits per heavy atom. The molecule has 7 nitrogen and oxygen atoms in total. The van der Waals surface area contributed by atoms with Crippen molar-refractivity contribution in [3.8, 4) is 0 Å². The molecule has 7 heteroatoms. The maximum Gasteiger partial charge on any atom is 0.276 e. The lowest BCUT2D eigenvalue weighted by molar-refractivity contribution is -0.121. The first-order valence-corrected chi connectivity index (χ1v) is 4.26. The third-order valence-corrected chi connectivity index (χ3v) is 1.94. The van der Waals surface area contributed by atoms with Crippen molar-refractivity contribution in [2.75, 3.05) is 11.1 Å². The van der Waals surface area contributed by atoms with E-state index in [0.29, 0.717) is 0 Å². The van der Waals surface area contributed by atoms with Gasteiger partial charge in [-0.3, -0.25) is 9.59 Å². The molecule has 15 heavy (non-hydrogen) atoms. The van der Waals surface area contributed by atoms with E-state index in [2.05, 4.69) is 15.3 Å². The van der Waals surface area contributed by atoms with Gasteiger partial charge in [0.2, 0.25) is 5.91 Å². The van der Waals surface area contributed by atoms with E-state index >= 15 is 0 Å². The van der Waals surface area contributed by atoms with Crippen LogP contribution in [0.15, 0.2) is 11.1 Å². The fourth-order valence-electron chi connectivity index (χ4n) is 0.867. The van der Waals surface area contributed by atoms with Crippen molar-refractivity contribution in [2.45, 2.75) is 19.4 Å². The van der Waals surface area contributed by atoms with Crippen molar-refractivity contribution < 1.29 is 4.79 Å². The molecule has 0 aromatic carbocycles. The van der Waals surface area contributed by atoms with Gasteiger partial charge < -0.3 is 21.8 Å². The van der Waals surface area contributed by atoms with Gasteiger partial charge in [-0.2, -0.15) is 0 Å². The van der Waals surface area contributed by atoms with Crippen LogP contribution in [0.1, 0.15) is 13.8 Å². The van der Waals surface area contributed by atoms with Crippen LogP contribution in [0.3, 0.4) is 0 Å². The summed E-state index contributed by atoms with van der Waals surface area (Å²) in [5.74, 6) is -0.425. The number of aromatic amines is 1. The summed E-state index contributed by atoms with van der Waals surface area (Å²) < 4.78 is 0. The van der Waals surface area contributed by atoms with Crippen LogP contribution in [0.2, 0.25) is 0 Å². The van der Waals surface area contributed by atoms with E-state index in [4.69, 9.17) is 11.5 Å². The van der Waals surface area contributed by atoms with Gasteiger partial charge in [0, 0.05) is 0 Å². The Labute approximate surface area is 85.9 Å². The number of anilines is 2. The lowest BCUT2D eigenvalue weighted by Crippen LogP contribution is -2.45. The van der Waals surface area contributed by atoms with Gasteiger partial charge in [0.05, 0.1) is 6.33 Å². The largest absolute Gasteiger partial charge is 0.391 e. The van der Waals surface area contributed by atoms with Crippen LogP contribution in [0, 0.1) is 0 Å². The molecular weight excluding hydrogens is 198 g/mol. The molecule has 0 aliphatic heterocycles. The number of nitrogens with zero attached hydrogens (tertiary/aromatic N) is 1. The lowest BCUT2D eigenvalue weighted by Gasteiger charge is -2.23. The molecule has 82 valence electrons. The van der Waals surface area contributed by atoms with Crippen LogP contribution in [0.4, 0.5) is 11.5 Å². The number of nitrogens with two attached hydrogens (primary N) is 2. The molecule has 6 N–H and O–H groups in total. The second-order valence-corrected chi connectivity index (χ2v) is 3.61. The highest BCUT2D eigenvalue weighted by molar-refractivity contribution is 5.87. The number of hydrogen-bond donors (Lipinski definition) is 4. The van der Waals surface area contributed by atoms with Crippen LogP contribution >= 0.6 is 0 Å². The molecule has 0 aliphatic carbocycles. The molecule has 0 bridgehead atoms. The van der Waals surface area contributed by atoms with Crippen LogP contribution in [0.5, 0.6) is 0 Å². The van der Waals surface area contributed by atoms with Crippen molar-refractivity contribution in [1.29, 1.82) is 0 Å². The lowest BCUT2D eigenvalue weighted by atomic mass is 10.1. The summed E-state index contributed by atoms with van der Waals surface area (Å²) in [5, 5.41) is 2.70. The third-order valence-electron chi connectivity index (χ3n) is 1.94. The van der Waals surface area contributed by atoms with Gasteiger partial charge in [0.15, 0.2) is 5.82 Å². The third kappa shape index (κ3) is 2.25. The average Bonchev–Trinajstić information content (AvgIpc) is 2.12. The number of primary amides is 1. The Morgan fingerprint density at radius 2 is 2.20 bits per heavy atom. The van der Waals surface area contributed by atoms with E-state index in [0.717, 1.165) is 0 Å². The molecule has 0 unspecified atom stereocenters. The van der Waals surface area contributed by atoms with Gasteiger partial charge >= 0.3 is 0 Å². The summed E-state index contributed by atoms with van der Waals surface area (Å²) in [5.41, 5.74) is 9.06. The Balaban J connectivity index is 3.05. The first kappa shape index (κ1) is 11.0. The number of hydrogen-bond acceptors (Lipinski definition) is 5. The van der Waals surface area contributed by atoms with Crippen LogP contribution < -0.4 is 22.3 Å². The van der Waals surface area contributed by atoms with Gasteiger partial charge in [-0.05, 0) is 13.8 Å². The monoisotopic (exact) mass is 211 g/mol. The molecule has 1 amide bonds. The van der Waals surface area contributed by atoms with E-state index in [1.807, 2.05) is 0 Å². The number of carbonyl (C=O) groups is 1. The Kier molecular flexibility index (Phi) is 2.65. The fraction of sp³-hybridized carbons (Fsp3) is 0.375. The summed E-state index contributed by atoms with van der Waals surface area (Å²) in [7, 11) is 0. The minimum atomic E-state index is -1.02. The van der Waals surface area contributed by atoms with Crippen LogP contribution in [0.25, 0.3) is 0 Å². The molecular formula is C8H13N5O2. The SMILES string of the molecule is CC(C)(Nc1nc[nH]c(=O)c1N)C(N)=O. The zero-order valence-electron chi connectivity index (χ0n) is 8.50. The molecule has 0 saturated heterocycles. The molecule has 1 aromatic heterocycles. The van der Waals surface area contributed by atoms with Gasteiger partial charge in [-0.1, -0.05) is 0 Å². The summed E-state index contributed by atoms with van der Waals surface area (Å²) in [6.45, 7) is 3.13. The van der Waals surface area contributed by atoms with E-state index in [9.17, 15) is 9.59 Å². The standard InChI is InChI=1S/C8H13N5O2/c1-8(2,7(10)15)13-5-4(9)6(14)12-3-11-5/h3H,9H2,1-2H3,(H2,10,15)(H2,11,12,13,14). The number of aromatic nitrogens is 2. The van der Waals surface area contributed by atoms with Crippen molar-refractivity contribution in [2.24, 2.45) is 5.73 Å². The Bertz CT molecular complexity index is 437. The predicted molar refractivity (Wildman–Crippen MR) is 56.2 cm³/mol. The topological polar surface area (TPSA) is 127 Å². The summed E-state index contributed by atoms with van der Waals surface area (Å²) in [4.78, 5) is 28.3. The summed E-state index contributed by atoms with van der Waals surface area (Å²) in [6, 6.07) is 0.